The molecule has 190 valence electrons. The van der Waals surface area contributed by atoms with Gasteiger partial charge in [-0.05, 0) is 37.8 Å². The fourth-order valence-electron chi connectivity index (χ4n) is 3.36. The van der Waals surface area contributed by atoms with Gasteiger partial charge in [0.05, 0.1) is 23.5 Å². The number of hydrogen-bond acceptors (Lipinski definition) is 6. The number of aliphatic hydroxyl groups excluding tert-OH is 1. The molecule has 0 heterocycles. The van der Waals surface area contributed by atoms with Crippen LogP contribution in [0.3, 0.4) is 0 Å². The lowest BCUT2D eigenvalue weighted by Gasteiger charge is -2.22. The van der Waals surface area contributed by atoms with Crippen LogP contribution in [0.15, 0.2) is 30.3 Å². The first-order valence-electron chi connectivity index (χ1n) is 11.7. The maximum absolute atomic E-state index is 13.1. The molecule has 4 N–H and O–H groups in total. The molecule has 34 heavy (non-hydrogen) atoms. The van der Waals surface area contributed by atoms with Crippen molar-refractivity contribution >= 4 is 21.7 Å². The Balaban J connectivity index is 2.89. The van der Waals surface area contributed by atoms with Gasteiger partial charge in [-0.15, -0.1) is 12.3 Å². The van der Waals surface area contributed by atoms with Gasteiger partial charge in [-0.3, -0.25) is 9.59 Å². The number of nitrogens with one attached hydrogen (secondary N) is 3. The van der Waals surface area contributed by atoms with E-state index in [1.807, 2.05) is 30.3 Å². The van der Waals surface area contributed by atoms with E-state index >= 15 is 0 Å². The fourth-order valence-corrected chi connectivity index (χ4v) is 4.92. The maximum Gasteiger partial charge on any atom is 0.243 e. The molecular formula is C25H39N3O5S. The summed E-state index contributed by atoms with van der Waals surface area (Å²) in [6.45, 7) is 4.43. The van der Waals surface area contributed by atoms with Crippen molar-refractivity contribution in [2.75, 3.05) is 31.6 Å². The summed E-state index contributed by atoms with van der Waals surface area (Å²) in [5.41, 5.74) is 0.817. The van der Waals surface area contributed by atoms with Crippen molar-refractivity contribution in [1.82, 2.24) is 16.0 Å². The van der Waals surface area contributed by atoms with E-state index in [0.29, 0.717) is 12.3 Å². The number of carbonyl (C=O) groups is 2. The van der Waals surface area contributed by atoms with Gasteiger partial charge >= 0.3 is 0 Å². The predicted octanol–water partition coefficient (Wildman–Crippen LogP) is 0.901. The van der Waals surface area contributed by atoms with E-state index in [-0.39, 0.29) is 37.4 Å². The average molecular weight is 494 g/mol. The molecule has 9 heteroatoms. The highest BCUT2D eigenvalue weighted by molar-refractivity contribution is 7.91. The summed E-state index contributed by atoms with van der Waals surface area (Å²) in [5, 5.41) is 18.2. The number of hydrogen-bond donors (Lipinski definition) is 4. The monoisotopic (exact) mass is 493 g/mol. The van der Waals surface area contributed by atoms with Gasteiger partial charge in [0.15, 0.2) is 9.84 Å². The highest BCUT2D eigenvalue weighted by atomic mass is 32.2. The zero-order valence-corrected chi connectivity index (χ0v) is 21.2. The van der Waals surface area contributed by atoms with E-state index < -0.39 is 39.7 Å². The van der Waals surface area contributed by atoms with E-state index in [2.05, 4.69) is 35.7 Å². The number of amides is 2. The summed E-state index contributed by atoms with van der Waals surface area (Å²) in [7, 11) is -1.85. The molecule has 2 amide bonds. The number of carbonyl (C=O) groups excluding carboxylic acids is 2. The van der Waals surface area contributed by atoms with Gasteiger partial charge in [0, 0.05) is 19.5 Å². The Labute approximate surface area is 204 Å². The van der Waals surface area contributed by atoms with E-state index in [0.717, 1.165) is 12.0 Å². The molecule has 1 rings (SSSR count). The average Bonchev–Trinajstić information content (AvgIpc) is 2.79. The predicted molar refractivity (Wildman–Crippen MR) is 135 cm³/mol. The third kappa shape index (κ3) is 12.2. The normalized spacial score (nSPS) is 14.1. The van der Waals surface area contributed by atoms with Crippen LogP contribution in [0.5, 0.6) is 0 Å². The summed E-state index contributed by atoms with van der Waals surface area (Å²) in [5.74, 6) is 0.448. The van der Waals surface area contributed by atoms with Crippen LogP contribution in [-0.2, 0) is 25.8 Å². The Hall–Kier alpha value is -2.41. The number of terminal acetylenes is 1. The number of aliphatic hydroxyl groups is 1. The zero-order chi connectivity index (χ0) is 25.6. The Bertz CT molecular complexity index is 897. The first kappa shape index (κ1) is 29.6. The quantitative estimate of drug-likeness (QED) is 0.254. The molecule has 8 nitrogen and oxygen atoms in total. The maximum atomic E-state index is 13.1. The van der Waals surface area contributed by atoms with Crippen molar-refractivity contribution in [3.05, 3.63) is 35.9 Å². The van der Waals surface area contributed by atoms with Gasteiger partial charge in [0.1, 0.15) is 6.04 Å². The van der Waals surface area contributed by atoms with Gasteiger partial charge < -0.3 is 21.1 Å². The van der Waals surface area contributed by atoms with E-state index in [9.17, 15) is 23.1 Å². The summed E-state index contributed by atoms with van der Waals surface area (Å²) in [6.07, 6.45) is 6.24. The number of rotatable bonds is 16. The molecule has 0 spiro atoms. The first-order chi connectivity index (χ1) is 16.1. The Morgan fingerprint density at radius 1 is 1.12 bits per heavy atom. The van der Waals surface area contributed by atoms with Crippen LogP contribution in [0.4, 0.5) is 0 Å². The second-order valence-corrected chi connectivity index (χ2v) is 11.2. The van der Waals surface area contributed by atoms with Crippen molar-refractivity contribution in [1.29, 1.82) is 0 Å². The van der Waals surface area contributed by atoms with Gasteiger partial charge in [-0.2, -0.15) is 0 Å². The van der Waals surface area contributed by atoms with Crippen LogP contribution in [-0.4, -0.2) is 69.1 Å². The highest BCUT2D eigenvalue weighted by Crippen LogP contribution is 2.13. The smallest absolute Gasteiger partial charge is 0.243 e. The second-order valence-electron chi connectivity index (χ2n) is 8.94. The molecule has 0 saturated heterocycles. The minimum absolute atomic E-state index is 0.0499. The van der Waals surface area contributed by atoms with E-state index in [1.165, 1.54) is 0 Å². The molecule has 0 aromatic heterocycles. The van der Waals surface area contributed by atoms with Crippen molar-refractivity contribution in [3.8, 4) is 12.3 Å². The lowest BCUT2D eigenvalue weighted by atomic mass is 9.99. The molecule has 0 saturated carbocycles. The third-order valence-electron chi connectivity index (χ3n) is 5.36. The molecule has 1 aromatic rings. The lowest BCUT2D eigenvalue weighted by molar-refractivity contribution is -0.130. The molecule has 0 aliphatic rings. The molecule has 0 unspecified atom stereocenters. The van der Waals surface area contributed by atoms with Crippen molar-refractivity contribution < 1.29 is 23.1 Å². The van der Waals surface area contributed by atoms with Crippen LogP contribution in [0.1, 0.15) is 38.7 Å². The third-order valence-corrected chi connectivity index (χ3v) is 7.09. The van der Waals surface area contributed by atoms with Gasteiger partial charge in [-0.25, -0.2) is 8.42 Å². The van der Waals surface area contributed by atoms with E-state index in [1.54, 1.807) is 7.05 Å². The Morgan fingerprint density at radius 3 is 2.38 bits per heavy atom. The van der Waals surface area contributed by atoms with Crippen LogP contribution in [0, 0.1) is 24.2 Å². The molecule has 0 fully saturated rings. The molecule has 0 aliphatic carbocycles. The molecule has 3 atom stereocenters. The number of benzene rings is 1. The van der Waals surface area contributed by atoms with Gasteiger partial charge in [-0.1, -0.05) is 44.2 Å². The minimum Gasteiger partial charge on any atom is -0.391 e. The molecule has 0 bridgehead atoms. The summed E-state index contributed by atoms with van der Waals surface area (Å²) < 4.78 is 25.1. The van der Waals surface area contributed by atoms with Crippen LogP contribution >= 0.6 is 0 Å². The van der Waals surface area contributed by atoms with Crippen LogP contribution < -0.4 is 16.0 Å². The Morgan fingerprint density at radius 2 is 1.79 bits per heavy atom. The topological polar surface area (TPSA) is 125 Å². The lowest BCUT2D eigenvalue weighted by Crippen LogP contribution is -2.50. The zero-order valence-electron chi connectivity index (χ0n) is 20.4. The molecule has 1 aromatic carbocycles. The van der Waals surface area contributed by atoms with Crippen molar-refractivity contribution in [2.24, 2.45) is 11.8 Å². The highest BCUT2D eigenvalue weighted by Gasteiger charge is 2.29. The van der Waals surface area contributed by atoms with Crippen LogP contribution in [0.2, 0.25) is 0 Å². The van der Waals surface area contributed by atoms with Crippen molar-refractivity contribution in [2.45, 2.75) is 51.7 Å². The Kier molecular flexibility index (Phi) is 13.5. The molecule has 0 radical (unpaired) electrons. The minimum atomic E-state index is -3.51. The number of sulfone groups is 1. The van der Waals surface area contributed by atoms with E-state index in [4.69, 9.17) is 6.42 Å². The second kappa shape index (κ2) is 15.5. The standard InChI is InChI=1S/C25H39N3O5S/c1-5-9-23(25(31)27-17-22(29)13-12-19(2)3)28-24(30)21(16-20-10-7-6-8-11-20)18-34(32,33)15-14-26-4/h1,6-8,10-11,19,21-23,26,29H,9,12-18H2,2-4H3,(H,27,31)(H,28,30)/t21-,22+,23+/m1/s1. The summed E-state index contributed by atoms with van der Waals surface area (Å²) in [4.78, 5) is 25.8. The van der Waals surface area contributed by atoms with Gasteiger partial charge in [0.25, 0.3) is 0 Å². The molecular weight excluding hydrogens is 454 g/mol. The first-order valence-corrected chi connectivity index (χ1v) is 13.5. The fraction of sp³-hybridized carbons (Fsp3) is 0.600. The van der Waals surface area contributed by atoms with Crippen LogP contribution in [0.25, 0.3) is 0 Å². The van der Waals surface area contributed by atoms with Gasteiger partial charge in [0.2, 0.25) is 11.8 Å². The summed E-state index contributed by atoms with van der Waals surface area (Å²) in [6, 6.07) is 8.10. The largest absolute Gasteiger partial charge is 0.391 e. The van der Waals surface area contributed by atoms with Crippen molar-refractivity contribution in [3.63, 3.8) is 0 Å². The molecule has 0 aliphatic heterocycles. The SMILES string of the molecule is C#CC[C@H](NC(=O)[C@H](Cc1ccccc1)CS(=O)(=O)CCNC)C(=O)NC[C@@H](O)CCC(C)C. The summed E-state index contributed by atoms with van der Waals surface area (Å²) >= 11 is 0.